The molecule has 0 unspecified atom stereocenters. The first kappa shape index (κ1) is 17.1. The minimum absolute atomic E-state index is 0.258. The van der Waals surface area contributed by atoms with E-state index in [1.165, 1.54) is 10.7 Å². The van der Waals surface area contributed by atoms with Crippen molar-refractivity contribution in [3.8, 4) is 11.4 Å². The zero-order chi connectivity index (χ0) is 18.6. The Morgan fingerprint density at radius 3 is 2.78 bits per heavy atom. The van der Waals surface area contributed by atoms with Crippen molar-refractivity contribution >= 4 is 5.91 Å². The highest BCUT2D eigenvalue weighted by Crippen LogP contribution is 2.26. The van der Waals surface area contributed by atoms with Crippen LogP contribution in [0.15, 0.2) is 65.5 Å². The molecule has 1 amide bonds. The number of H-pyrrole nitrogens is 1. The summed E-state index contributed by atoms with van der Waals surface area (Å²) in [6, 6.07) is 18.5. The predicted molar refractivity (Wildman–Crippen MR) is 102 cm³/mol. The van der Waals surface area contributed by atoms with E-state index < -0.39 is 0 Å². The molecule has 4 rings (SSSR count). The molecule has 0 saturated carbocycles. The van der Waals surface area contributed by atoms with Crippen LogP contribution in [0, 0.1) is 5.92 Å². The van der Waals surface area contributed by atoms with Gasteiger partial charge in [0, 0.05) is 12.6 Å². The van der Waals surface area contributed by atoms with Crippen molar-refractivity contribution in [3.05, 3.63) is 82.3 Å². The van der Waals surface area contributed by atoms with Gasteiger partial charge in [-0.3, -0.25) is 14.7 Å². The van der Waals surface area contributed by atoms with Crippen LogP contribution in [0.2, 0.25) is 0 Å². The monoisotopic (exact) mass is 363 g/mol. The third kappa shape index (κ3) is 3.79. The largest absolute Gasteiger partial charge is 0.493 e. The second-order valence-electron chi connectivity index (χ2n) is 6.70. The van der Waals surface area contributed by atoms with E-state index in [1.807, 2.05) is 48.5 Å². The Kier molecular flexibility index (Phi) is 4.78. The molecule has 1 aromatic heterocycles. The third-order valence-corrected chi connectivity index (χ3v) is 4.80. The summed E-state index contributed by atoms with van der Waals surface area (Å²) in [6.07, 6.45) is 1.73. The smallest absolute Gasteiger partial charge is 0.271 e. The molecule has 1 aliphatic rings. The molecule has 0 aliphatic carbocycles. The van der Waals surface area contributed by atoms with E-state index in [0.717, 1.165) is 24.2 Å². The highest BCUT2D eigenvalue weighted by molar-refractivity contribution is 5.92. The molecule has 0 fully saturated rings. The third-order valence-electron chi connectivity index (χ3n) is 4.80. The molecule has 138 valence electrons. The van der Waals surface area contributed by atoms with E-state index in [9.17, 15) is 9.59 Å². The van der Waals surface area contributed by atoms with E-state index in [-0.39, 0.29) is 17.2 Å². The number of fused-ring (bicyclic) bond motifs is 1. The van der Waals surface area contributed by atoms with Crippen molar-refractivity contribution in [1.29, 1.82) is 0 Å². The second kappa shape index (κ2) is 7.53. The molecule has 0 radical (unpaired) electrons. The molecule has 6 heteroatoms. The van der Waals surface area contributed by atoms with E-state index >= 15 is 0 Å². The molecule has 1 aliphatic heterocycles. The van der Waals surface area contributed by atoms with Crippen LogP contribution in [-0.4, -0.2) is 28.8 Å². The minimum Gasteiger partial charge on any atom is -0.493 e. The maximum absolute atomic E-state index is 12.5. The molecule has 1 atom stereocenters. The number of para-hydroxylation sites is 2. The fraction of sp³-hybridized carbons (Fsp3) is 0.238. The van der Waals surface area contributed by atoms with Gasteiger partial charge in [0.25, 0.3) is 11.5 Å². The van der Waals surface area contributed by atoms with Crippen molar-refractivity contribution < 1.29 is 9.53 Å². The van der Waals surface area contributed by atoms with Gasteiger partial charge in [0.05, 0.1) is 12.3 Å². The SMILES string of the molecule is O=C(NC[C@@H]1CCOc2ccccc2C1)c1cc(=O)n(-c2ccccc2)[nH]1. The maximum Gasteiger partial charge on any atom is 0.271 e. The van der Waals surface area contributed by atoms with Crippen LogP contribution in [0.3, 0.4) is 0 Å². The number of carbonyl (C=O) groups is 1. The van der Waals surface area contributed by atoms with E-state index in [2.05, 4.69) is 16.5 Å². The van der Waals surface area contributed by atoms with Gasteiger partial charge in [-0.15, -0.1) is 0 Å². The first-order valence-electron chi connectivity index (χ1n) is 9.07. The Morgan fingerprint density at radius 2 is 1.93 bits per heavy atom. The Hall–Kier alpha value is -3.28. The van der Waals surface area contributed by atoms with Crippen LogP contribution in [0.1, 0.15) is 22.5 Å². The lowest BCUT2D eigenvalue weighted by Crippen LogP contribution is -2.30. The Morgan fingerprint density at radius 1 is 1.15 bits per heavy atom. The summed E-state index contributed by atoms with van der Waals surface area (Å²) < 4.78 is 7.14. The number of hydrogen-bond acceptors (Lipinski definition) is 3. The first-order valence-corrected chi connectivity index (χ1v) is 9.07. The summed E-state index contributed by atoms with van der Waals surface area (Å²) in [5.41, 5.74) is 1.86. The minimum atomic E-state index is -0.278. The quantitative estimate of drug-likeness (QED) is 0.748. The number of aromatic amines is 1. The second-order valence-corrected chi connectivity index (χ2v) is 6.70. The van der Waals surface area contributed by atoms with Crippen LogP contribution in [0.25, 0.3) is 5.69 Å². The van der Waals surface area contributed by atoms with Crippen molar-refractivity contribution in [3.63, 3.8) is 0 Å². The van der Waals surface area contributed by atoms with Crippen molar-refractivity contribution in [2.75, 3.05) is 13.2 Å². The van der Waals surface area contributed by atoms with Crippen molar-refractivity contribution in [2.24, 2.45) is 5.92 Å². The molecule has 27 heavy (non-hydrogen) atoms. The van der Waals surface area contributed by atoms with Gasteiger partial charge in [-0.2, -0.15) is 0 Å². The summed E-state index contributed by atoms with van der Waals surface area (Å²) in [4.78, 5) is 24.7. The molecule has 2 aromatic carbocycles. The van der Waals surface area contributed by atoms with Gasteiger partial charge in [0.1, 0.15) is 11.4 Å². The highest BCUT2D eigenvalue weighted by atomic mass is 16.5. The number of aromatic nitrogens is 2. The van der Waals surface area contributed by atoms with Gasteiger partial charge >= 0.3 is 0 Å². The zero-order valence-electron chi connectivity index (χ0n) is 14.9. The van der Waals surface area contributed by atoms with Gasteiger partial charge in [0.15, 0.2) is 0 Å². The van der Waals surface area contributed by atoms with Crippen molar-refractivity contribution in [2.45, 2.75) is 12.8 Å². The standard InChI is InChI=1S/C21H21N3O3/c25-20-13-18(23-24(20)17-7-2-1-3-8-17)21(26)22-14-15-10-11-27-19-9-5-4-6-16(19)12-15/h1-9,13,15,23H,10-12,14H2,(H,22,26)/t15-/m1/s1. The lowest BCUT2D eigenvalue weighted by atomic mass is 9.97. The average molecular weight is 363 g/mol. The van der Waals surface area contributed by atoms with Gasteiger partial charge in [-0.05, 0) is 42.5 Å². The summed E-state index contributed by atoms with van der Waals surface area (Å²) in [5, 5.41) is 5.82. The van der Waals surface area contributed by atoms with E-state index in [0.29, 0.717) is 24.8 Å². The fourth-order valence-corrected chi connectivity index (χ4v) is 3.35. The Balaban J connectivity index is 1.42. The number of nitrogens with zero attached hydrogens (tertiary/aromatic N) is 1. The molecule has 6 nitrogen and oxygen atoms in total. The topological polar surface area (TPSA) is 76.1 Å². The molecule has 2 N–H and O–H groups in total. The molecule has 0 saturated heterocycles. The van der Waals surface area contributed by atoms with E-state index in [4.69, 9.17) is 4.74 Å². The zero-order valence-corrected chi connectivity index (χ0v) is 14.9. The van der Waals surface area contributed by atoms with Crippen molar-refractivity contribution in [1.82, 2.24) is 15.1 Å². The average Bonchev–Trinajstić information content (AvgIpc) is 2.96. The normalized spacial score (nSPS) is 16.1. The van der Waals surface area contributed by atoms with Gasteiger partial charge in [-0.1, -0.05) is 36.4 Å². The number of carbonyl (C=O) groups excluding carboxylic acids is 1. The molecular formula is C21H21N3O3. The maximum atomic E-state index is 12.5. The molecule has 2 heterocycles. The summed E-state index contributed by atoms with van der Waals surface area (Å²) in [6.45, 7) is 1.17. The Bertz CT molecular complexity index is 991. The highest BCUT2D eigenvalue weighted by Gasteiger charge is 2.19. The van der Waals surface area contributed by atoms with Crippen LogP contribution in [-0.2, 0) is 6.42 Å². The van der Waals surface area contributed by atoms with Gasteiger partial charge in [0.2, 0.25) is 0 Å². The van der Waals surface area contributed by atoms with Crippen LogP contribution in [0.4, 0.5) is 0 Å². The van der Waals surface area contributed by atoms with Gasteiger partial charge in [-0.25, -0.2) is 4.68 Å². The first-order chi connectivity index (χ1) is 13.2. The molecule has 3 aromatic rings. The molecule has 0 bridgehead atoms. The fourth-order valence-electron chi connectivity index (χ4n) is 3.35. The predicted octanol–water partition coefficient (Wildman–Crippen LogP) is 2.54. The Labute approximate surface area is 156 Å². The molecular weight excluding hydrogens is 342 g/mol. The number of amides is 1. The number of ether oxygens (including phenoxy) is 1. The number of nitrogens with one attached hydrogen (secondary N) is 2. The number of benzene rings is 2. The van der Waals surface area contributed by atoms with Gasteiger partial charge < -0.3 is 10.1 Å². The van der Waals surface area contributed by atoms with Crippen LogP contribution >= 0.6 is 0 Å². The van der Waals surface area contributed by atoms with Crippen LogP contribution in [0.5, 0.6) is 5.75 Å². The summed E-state index contributed by atoms with van der Waals surface area (Å²) >= 11 is 0. The van der Waals surface area contributed by atoms with Crippen LogP contribution < -0.4 is 15.6 Å². The van der Waals surface area contributed by atoms with E-state index in [1.54, 1.807) is 0 Å². The molecule has 0 spiro atoms. The summed E-state index contributed by atoms with van der Waals surface area (Å²) in [7, 11) is 0. The lowest BCUT2D eigenvalue weighted by molar-refractivity contribution is 0.0940. The number of rotatable bonds is 4. The lowest BCUT2D eigenvalue weighted by Gasteiger charge is -2.14. The number of hydrogen-bond donors (Lipinski definition) is 2. The summed E-state index contributed by atoms with van der Waals surface area (Å²) in [5.74, 6) is 0.941.